The molecule has 3 aromatic rings. The van der Waals surface area contributed by atoms with Crippen molar-refractivity contribution in [3.63, 3.8) is 0 Å². The Morgan fingerprint density at radius 2 is 2.05 bits per heavy atom. The van der Waals surface area contributed by atoms with Crippen molar-refractivity contribution in [1.82, 2.24) is 24.1 Å². The monoisotopic (exact) mass is 270 g/mol. The Kier molecular flexibility index (Phi) is 3.37. The number of nitrogens with two attached hydrogens (primary N) is 1. The number of nitrogen functional groups attached to an aromatic ring is 1. The lowest BCUT2D eigenvalue weighted by molar-refractivity contribution is 0.560. The molecule has 3 rings (SSSR count). The number of hydrogen-bond donors (Lipinski definition) is 1. The lowest BCUT2D eigenvalue weighted by Crippen LogP contribution is -2.05. The minimum absolute atomic E-state index is 0.546. The first kappa shape index (κ1) is 12.7. The molecule has 0 amide bonds. The number of aryl methyl sites for hydroxylation is 3. The van der Waals surface area contributed by atoms with E-state index in [1.807, 2.05) is 30.1 Å². The summed E-state index contributed by atoms with van der Waals surface area (Å²) in [5, 5.41) is 0. The molecule has 6 heteroatoms. The van der Waals surface area contributed by atoms with Crippen LogP contribution < -0.4 is 5.73 Å². The summed E-state index contributed by atoms with van der Waals surface area (Å²) in [5.74, 6) is 0.546. The zero-order chi connectivity index (χ0) is 13.9. The van der Waals surface area contributed by atoms with Crippen LogP contribution in [0, 0.1) is 6.92 Å². The predicted octanol–water partition coefficient (Wildman–Crippen LogP) is 2.00. The summed E-state index contributed by atoms with van der Waals surface area (Å²) in [6, 6.07) is 1.96. The normalized spacial score (nSPS) is 11.2. The van der Waals surface area contributed by atoms with Crippen molar-refractivity contribution < 1.29 is 0 Å². The van der Waals surface area contributed by atoms with E-state index in [2.05, 4.69) is 19.5 Å². The van der Waals surface area contributed by atoms with Crippen molar-refractivity contribution in [3.8, 4) is 0 Å². The molecule has 6 nitrogen and oxygen atoms in total. The number of nitrogens with zero attached hydrogens (tertiary/aromatic N) is 5. The SMILES string of the molecule is Cc1ccnc2c1nc(N)n2CCCCn1ccnc1. The maximum Gasteiger partial charge on any atom is 0.202 e. The molecule has 0 atom stereocenters. The average molecular weight is 270 g/mol. The molecule has 0 aromatic carbocycles. The number of fused-ring (bicyclic) bond motifs is 1. The van der Waals surface area contributed by atoms with Gasteiger partial charge in [0.05, 0.1) is 6.33 Å². The van der Waals surface area contributed by atoms with Gasteiger partial charge in [0.15, 0.2) is 5.65 Å². The van der Waals surface area contributed by atoms with Crippen molar-refractivity contribution >= 4 is 17.1 Å². The van der Waals surface area contributed by atoms with Crippen LogP contribution >= 0.6 is 0 Å². The quantitative estimate of drug-likeness (QED) is 0.719. The molecular formula is C14H18N6. The Hall–Kier alpha value is -2.37. The predicted molar refractivity (Wildman–Crippen MR) is 78.1 cm³/mol. The molecule has 104 valence electrons. The van der Waals surface area contributed by atoms with Crippen LogP contribution in [-0.2, 0) is 13.1 Å². The molecule has 2 N–H and O–H groups in total. The molecule has 20 heavy (non-hydrogen) atoms. The van der Waals surface area contributed by atoms with E-state index in [1.54, 1.807) is 12.4 Å². The molecule has 3 heterocycles. The zero-order valence-corrected chi connectivity index (χ0v) is 11.5. The number of hydrogen-bond acceptors (Lipinski definition) is 4. The van der Waals surface area contributed by atoms with Crippen LogP contribution in [0.3, 0.4) is 0 Å². The van der Waals surface area contributed by atoms with Gasteiger partial charge in [-0.1, -0.05) is 0 Å². The van der Waals surface area contributed by atoms with Gasteiger partial charge in [-0.2, -0.15) is 0 Å². The highest BCUT2D eigenvalue weighted by Gasteiger charge is 2.10. The third kappa shape index (κ3) is 2.36. The van der Waals surface area contributed by atoms with Gasteiger partial charge in [0.2, 0.25) is 5.95 Å². The van der Waals surface area contributed by atoms with Gasteiger partial charge in [0.25, 0.3) is 0 Å². The van der Waals surface area contributed by atoms with E-state index in [4.69, 9.17) is 5.73 Å². The van der Waals surface area contributed by atoms with Crippen molar-refractivity contribution in [2.75, 3.05) is 5.73 Å². The van der Waals surface area contributed by atoms with Gasteiger partial charge in [0.1, 0.15) is 5.52 Å². The van der Waals surface area contributed by atoms with E-state index in [-0.39, 0.29) is 0 Å². The topological polar surface area (TPSA) is 74.5 Å². The van der Waals surface area contributed by atoms with Crippen molar-refractivity contribution in [2.24, 2.45) is 0 Å². The minimum Gasteiger partial charge on any atom is -0.369 e. The number of anilines is 1. The summed E-state index contributed by atoms with van der Waals surface area (Å²) in [5.41, 5.74) is 8.89. The van der Waals surface area contributed by atoms with E-state index in [0.29, 0.717) is 5.95 Å². The standard InChI is InChI=1S/C14H18N6/c1-11-4-5-17-13-12(11)18-14(15)20(13)8-3-2-7-19-9-6-16-10-19/h4-6,9-10H,2-3,7-8H2,1H3,(H2,15,18). The number of imidazole rings is 2. The van der Waals surface area contributed by atoms with Crippen molar-refractivity contribution in [2.45, 2.75) is 32.9 Å². The van der Waals surface area contributed by atoms with Gasteiger partial charge < -0.3 is 10.3 Å². The number of unbranched alkanes of at least 4 members (excludes halogenated alkanes) is 1. The fraction of sp³-hybridized carbons (Fsp3) is 0.357. The van der Waals surface area contributed by atoms with Gasteiger partial charge in [-0.15, -0.1) is 0 Å². The summed E-state index contributed by atoms with van der Waals surface area (Å²) in [4.78, 5) is 12.8. The molecule has 0 fully saturated rings. The third-order valence-electron chi connectivity index (χ3n) is 3.47. The summed E-state index contributed by atoms with van der Waals surface area (Å²) in [6.07, 6.45) is 9.53. The molecule has 0 saturated carbocycles. The van der Waals surface area contributed by atoms with Crippen LogP contribution in [0.4, 0.5) is 5.95 Å². The molecule has 0 saturated heterocycles. The molecule has 3 aromatic heterocycles. The first-order chi connectivity index (χ1) is 9.75. The molecule has 0 spiro atoms. The van der Waals surface area contributed by atoms with Crippen LogP contribution in [0.15, 0.2) is 31.0 Å². The Labute approximate surface area is 117 Å². The van der Waals surface area contributed by atoms with Gasteiger partial charge in [-0.3, -0.25) is 4.57 Å². The van der Waals surface area contributed by atoms with Crippen LogP contribution in [-0.4, -0.2) is 24.1 Å². The molecule has 0 aliphatic rings. The number of pyridine rings is 1. The van der Waals surface area contributed by atoms with Crippen LogP contribution in [0.1, 0.15) is 18.4 Å². The Morgan fingerprint density at radius 1 is 1.20 bits per heavy atom. The summed E-state index contributed by atoms with van der Waals surface area (Å²) in [7, 11) is 0. The maximum atomic E-state index is 6.00. The molecule has 0 aliphatic heterocycles. The van der Waals surface area contributed by atoms with Crippen molar-refractivity contribution in [3.05, 3.63) is 36.5 Å². The maximum absolute atomic E-state index is 6.00. The molecule has 0 aliphatic carbocycles. The van der Waals surface area contributed by atoms with Crippen LogP contribution in [0.5, 0.6) is 0 Å². The van der Waals surface area contributed by atoms with E-state index in [9.17, 15) is 0 Å². The Morgan fingerprint density at radius 3 is 2.85 bits per heavy atom. The largest absolute Gasteiger partial charge is 0.369 e. The first-order valence-electron chi connectivity index (χ1n) is 6.79. The van der Waals surface area contributed by atoms with Crippen LogP contribution in [0.25, 0.3) is 11.2 Å². The van der Waals surface area contributed by atoms with Gasteiger partial charge >= 0.3 is 0 Å². The zero-order valence-electron chi connectivity index (χ0n) is 11.5. The Bertz CT molecular complexity index is 698. The van der Waals surface area contributed by atoms with Gasteiger partial charge in [-0.25, -0.2) is 15.0 Å². The summed E-state index contributed by atoms with van der Waals surface area (Å²) in [6.45, 7) is 3.84. The van der Waals surface area contributed by atoms with E-state index < -0.39 is 0 Å². The molecule has 0 radical (unpaired) electrons. The second-order valence-electron chi connectivity index (χ2n) is 4.93. The summed E-state index contributed by atoms with van der Waals surface area (Å²) >= 11 is 0. The van der Waals surface area contributed by atoms with Gasteiger partial charge in [-0.05, 0) is 31.4 Å². The van der Waals surface area contributed by atoms with Gasteiger partial charge in [0, 0.05) is 31.7 Å². The highest BCUT2D eigenvalue weighted by atomic mass is 15.2. The van der Waals surface area contributed by atoms with Crippen molar-refractivity contribution in [1.29, 1.82) is 0 Å². The molecule has 0 unspecified atom stereocenters. The second kappa shape index (κ2) is 5.32. The summed E-state index contributed by atoms with van der Waals surface area (Å²) < 4.78 is 4.08. The first-order valence-corrected chi connectivity index (χ1v) is 6.79. The minimum atomic E-state index is 0.546. The highest BCUT2D eigenvalue weighted by Crippen LogP contribution is 2.19. The lowest BCUT2D eigenvalue weighted by atomic mass is 10.2. The molecule has 0 bridgehead atoms. The Balaban J connectivity index is 1.68. The highest BCUT2D eigenvalue weighted by molar-refractivity contribution is 5.77. The van der Waals surface area contributed by atoms with Crippen LogP contribution in [0.2, 0.25) is 0 Å². The molecular weight excluding hydrogens is 252 g/mol. The number of aromatic nitrogens is 5. The fourth-order valence-corrected chi connectivity index (χ4v) is 2.36. The van der Waals surface area contributed by atoms with E-state index in [1.165, 1.54) is 0 Å². The third-order valence-corrected chi connectivity index (χ3v) is 3.47. The average Bonchev–Trinajstić information content (AvgIpc) is 3.04. The smallest absolute Gasteiger partial charge is 0.202 e. The fourth-order valence-electron chi connectivity index (χ4n) is 2.36. The van der Waals surface area contributed by atoms with E-state index in [0.717, 1.165) is 42.7 Å². The lowest BCUT2D eigenvalue weighted by Gasteiger charge is -2.06. The van der Waals surface area contributed by atoms with E-state index >= 15 is 0 Å². The second-order valence-corrected chi connectivity index (χ2v) is 4.93. The number of rotatable bonds is 5.